The topological polar surface area (TPSA) is 92.7 Å². The van der Waals surface area contributed by atoms with Crippen LogP contribution in [0.5, 0.6) is 0 Å². The Balaban J connectivity index is 2.58. The maximum absolute atomic E-state index is 11.7. The van der Waals surface area contributed by atoms with Gasteiger partial charge in [-0.05, 0) is 18.6 Å². The molecule has 0 radical (unpaired) electrons. The highest BCUT2D eigenvalue weighted by molar-refractivity contribution is 6.31. The van der Waals surface area contributed by atoms with Crippen molar-refractivity contribution in [2.45, 2.75) is 32.2 Å². The Hall–Kier alpha value is -2.08. The number of amides is 1. The van der Waals surface area contributed by atoms with Gasteiger partial charge in [0.25, 0.3) is 0 Å². The largest absolute Gasteiger partial charge is 0.480 e. The van der Waals surface area contributed by atoms with E-state index < -0.39 is 23.9 Å². The van der Waals surface area contributed by atoms with Gasteiger partial charge in [0.2, 0.25) is 5.91 Å². The Morgan fingerprint density at radius 3 is 2.55 bits per heavy atom. The highest BCUT2D eigenvalue weighted by Gasteiger charge is 2.21. The SMILES string of the molecule is CCOC(=O)CCC(=O)N[C@@H](Cc1ccccc1Cl)C(=O)O. The third kappa shape index (κ3) is 6.13. The van der Waals surface area contributed by atoms with Crippen LogP contribution in [0.25, 0.3) is 0 Å². The van der Waals surface area contributed by atoms with Crippen LogP contribution >= 0.6 is 11.6 Å². The maximum Gasteiger partial charge on any atom is 0.326 e. The van der Waals surface area contributed by atoms with Crippen LogP contribution in [0, 0.1) is 0 Å². The first-order valence-electron chi connectivity index (χ1n) is 6.85. The van der Waals surface area contributed by atoms with Gasteiger partial charge in [-0.3, -0.25) is 9.59 Å². The first-order valence-corrected chi connectivity index (χ1v) is 7.23. The van der Waals surface area contributed by atoms with Crippen molar-refractivity contribution in [1.29, 1.82) is 0 Å². The molecule has 0 spiro atoms. The minimum Gasteiger partial charge on any atom is -0.480 e. The number of benzene rings is 1. The Morgan fingerprint density at radius 2 is 1.95 bits per heavy atom. The molecule has 0 aromatic heterocycles. The molecule has 0 bridgehead atoms. The number of carboxylic acids is 1. The molecule has 22 heavy (non-hydrogen) atoms. The van der Waals surface area contributed by atoms with Crippen LogP contribution in [0.15, 0.2) is 24.3 Å². The lowest BCUT2D eigenvalue weighted by Gasteiger charge is -2.15. The lowest BCUT2D eigenvalue weighted by molar-refractivity contribution is -0.144. The van der Waals surface area contributed by atoms with E-state index in [4.69, 9.17) is 16.3 Å². The van der Waals surface area contributed by atoms with Crippen molar-refractivity contribution in [3.8, 4) is 0 Å². The summed E-state index contributed by atoms with van der Waals surface area (Å²) in [6.07, 6.45) is -0.136. The average molecular weight is 328 g/mol. The third-order valence-electron chi connectivity index (χ3n) is 2.88. The first kappa shape index (κ1) is 18.0. The summed E-state index contributed by atoms with van der Waals surface area (Å²) in [7, 11) is 0. The Morgan fingerprint density at radius 1 is 1.27 bits per heavy atom. The van der Waals surface area contributed by atoms with Gasteiger partial charge in [0.15, 0.2) is 0 Å². The van der Waals surface area contributed by atoms with E-state index in [9.17, 15) is 19.5 Å². The zero-order chi connectivity index (χ0) is 16.5. The molecule has 0 fully saturated rings. The number of carbonyl (C=O) groups excluding carboxylic acids is 2. The summed E-state index contributed by atoms with van der Waals surface area (Å²) in [5.41, 5.74) is 0.627. The number of ether oxygens (including phenoxy) is 1. The smallest absolute Gasteiger partial charge is 0.326 e. The van der Waals surface area contributed by atoms with E-state index in [1.54, 1.807) is 31.2 Å². The number of carbonyl (C=O) groups is 3. The number of rotatable bonds is 8. The van der Waals surface area contributed by atoms with Crippen LogP contribution in [0.1, 0.15) is 25.3 Å². The van der Waals surface area contributed by atoms with Gasteiger partial charge in [0, 0.05) is 17.9 Å². The molecular formula is C15H18ClNO5. The average Bonchev–Trinajstić information content (AvgIpc) is 2.47. The molecule has 0 saturated heterocycles. The van der Waals surface area contributed by atoms with E-state index in [2.05, 4.69) is 5.32 Å². The summed E-state index contributed by atoms with van der Waals surface area (Å²) in [6.45, 7) is 1.91. The van der Waals surface area contributed by atoms with E-state index in [-0.39, 0.29) is 25.9 Å². The lowest BCUT2D eigenvalue weighted by atomic mass is 10.1. The van der Waals surface area contributed by atoms with Crippen LogP contribution in [-0.4, -0.2) is 35.6 Å². The maximum atomic E-state index is 11.7. The van der Waals surface area contributed by atoms with Gasteiger partial charge in [-0.1, -0.05) is 29.8 Å². The van der Waals surface area contributed by atoms with Crippen molar-refractivity contribution in [2.75, 3.05) is 6.61 Å². The van der Waals surface area contributed by atoms with E-state index in [1.165, 1.54) is 0 Å². The van der Waals surface area contributed by atoms with Crippen molar-refractivity contribution in [1.82, 2.24) is 5.32 Å². The van der Waals surface area contributed by atoms with Gasteiger partial charge in [0.1, 0.15) is 6.04 Å². The highest BCUT2D eigenvalue weighted by atomic mass is 35.5. The van der Waals surface area contributed by atoms with Crippen LogP contribution < -0.4 is 5.32 Å². The lowest BCUT2D eigenvalue weighted by Crippen LogP contribution is -2.42. The molecule has 0 aliphatic rings. The van der Waals surface area contributed by atoms with Crippen molar-refractivity contribution < 1.29 is 24.2 Å². The molecule has 6 nitrogen and oxygen atoms in total. The summed E-state index contributed by atoms with van der Waals surface area (Å²) < 4.78 is 4.70. The van der Waals surface area contributed by atoms with Crippen molar-refractivity contribution >= 4 is 29.4 Å². The van der Waals surface area contributed by atoms with E-state index in [0.717, 1.165) is 0 Å². The summed E-state index contributed by atoms with van der Waals surface area (Å²) in [5, 5.41) is 12.0. The summed E-state index contributed by atoms with van der Waals surface area (Å²) in [4.78, 5) is 34.1. The predicted molar refractivity (Wildman–Crippen MR) is 80.6 cm³/mol. The number of hydrogen-bond donors (Lipinski definition) is 2. The molecule has 1 rings (SSSR count). The fourth-order valence-corrected chi connectivity index (χ4v) is 2.01. The number of carboxylic acid groups (broad SMARTS) is 1. The van der Waals surface area contributed by atoms with Crippen molar-refractivity contribution in [2.24, 2.45) is 0 Å². The molecule has 7 heteroatoms. The third-order valence-corrected chi connectivity index (χ3v) is 3.25. The monoisotopic (exact) mass is 327 g/mol. The molecule has 1 aromatic rings. The quantitative estimate of drug-likeness (QED) is 0.710. The molecule has 0 heterocycles. The Kier molecular flexibility index (Phi) is 7.39. The van der Waals surface area contributed by atoms with Gasteiger partial charge >= 0.3 is 11.9 Å². The standard InChI is InChI=1S/C15H18ClNO5/c1-2-22-14(19)8-7-13(18)17-12(15(20)21)9-10-5-3-4-6-11(10)16/h3-6,12H,2,7-9H2,1H3,(H,17,18)(H,20,21)/t12-/m0/s1. The molecule has 120 valence electrons. The van der Waals surface area contributed by atoms with Gasteiger partial charge in [-0.2, -0.15) is 0 Å². The minimum atomic E-state index is -1.16. The second-order valence-corrected chi connectivity index (χ2v) is 4.97. The molecule has 2 N–H and O–H groups in total. The van der Waals surface area contributed by atoms with E-state index >= 15 is 0 Å². The number of esters is 1. The zero-order valence-electron chi connectivity index (χ0n) is 12.2. The minimum absolute atomic E-state index is 0.0696. The molecule has 1 amide bonds. The number of halogens is 1. The molecule has 0 aliphatic heterocycles. The van der Waals surface area contributed by atoms with E-state index in [0.29, 0.717) is 10.6 Å². The van der Waals surface area contributed by atoms with Gasteiger partial charge in [0.05, 0.1) is 13.0 Å². The van der Waals surface area contributed by atoms with Crippen LogP contribution in [0.2, 0.25) is 5.02 Å². The fourth-order valence-electron chi connectivity index (χ4n) is 1.80. The summed E-state index contributed by atoms with van der Waals surface area (Å²) >= 11 is 5.98. The molecule has 0 aliphatic carbocycles. The molecular weight excluding hydrogens is 310 g/mol. The van der Waals surface area contributed by atoms with Gasteiger partial charge in [-0.25, -0.2) is 4.79 Å². The van der Waals surface area contributed by atoms with Crippen LogP contribution in [-0.2, 0) is 25.5 Å². The zero-order valence-corrected chi connectivity index (χ0v) is 12.9. The molecule has 1 aromatic carbocycles. The number of aliphatic carboxylic acids is 1. The van der Waals surface area contributed by atoms with Crippen LogP contribution in [0.3, 0.4) is 0 Å². The van der Waals surface area contributed by atoms with E-state index in [1.807, 2.05) is 0 Å². The first-order chi connectivity index (χ1) is 10.4. The molecule has 0 unspecified atom stereocenters. The predicted octanol–water partition coefficient (Wildman–Crippen LogP) is 1.80. The number of nitrogens with one attached hydrogen (secondary N) is 1. The van der Waals surface area contributed by atoms with Crippen molar-refractivity contribution in [3.63, 3.8) is 0 Å². The summed E-state index contributed by atoms with van der Waals surface area (Å²) in [5.74, 6) is -2.17. The van der Waals surface area contributed by atoms with Gasteiger partial charge < -0.3 is 15.2 Å². The Labute approximate surface area is 133 Å². The molecule has 1 atom stereocenters. The normalized spacial score (nSPS) is 11.5. The second-order valence-electron chi connectivity index (χ2n) is 4.56. The van der Waals surface area contributed by atoms with Gasteiger partial charge in [-0.15, -0.1) is 0 Å². The Bertz CT molecular complexity index is 546. The van der Waals surface area contributed by atoms with Crippen LogP contribution in [0.4, 0.5) is 0 Å². The fraction of sp³-hybridized carbons (Fsp3) is 0.400. The number of hydrogen-bond acceptors (Lipinski definition) is 4. The second kappa shape index (κ2) is 9.04. The summed E-state index contributed by atoms with van der Waals surface area (Å²) in [6, 6.07) is 5.72. The van der Waals surface area contributed by atoms with Crippen molar-refractivity contribution in [3.05, 3.63) is 34.9 Å². The molecule has 0 saturated carbocycles. The highest BCUT2D eigenvalue weighted by Crippen LogP contribution is 2.16.